The van der Waals surface area contributed by atoms with E-state index >= 15 is 0 Å². The summed E-state index contributed by atoms with van der Waals surface area (Å²) in [7, 11) is 1.59. The Kier molecular flexibility index (Phi) is 4.76. The van der Waals surface area contributed by atoms with Crippen molar-refractivity contribution in [2.45, 2.75) is 12.6 Å². The van der Waals surface area contributed by atoms with Gasteiger partial charge in [-0.3, -0.25) is 0 Å². The first-order chi connectivity index (χ1) is 11.9. The van der Waals surface area contributed by atoms with Crippen molar-refractivity contribution in [1.82, 2.24) is 9.71 Å². The molecule has 4 nitrogen and oxygen atoms in total. The third kappa shape index (κ3) is 3.82. The number of alkyl halides is 3. The summed E-state index contributed by atoms with van der Waals surface area (Å²) >= 11 is 5.90. The molecule has 0 saturated carbocycles. The maximum absolute atomic E-state index is 12.9. The Balaban J connectivity index is 1.76. The molecule has 3 rings (SSSR count). The normalized spacial score (nSPS) is 11.7. The second-order valence-electron chi connectivity index (χ2n) is 5.33. The molecule has 0 radical (unpaired) electrons. The number of rotatable bonds is 5. The third-order valence-electron chi connectivity index (χ3n) is 3.68. The highest BCUT2D eigenvalue weighted by atomic mass is 35.5. The number of benzene rings is 2. The zero-order chi connectivity index (χ0) is 18.0. The van der Waals surface area contributed by atoms with E-state index in [1.807, 2.05) is 24.3 Å². The minimum atomic E-state index is -4.49. The summed E-state index contributed by atoms with van der Waals surface area (Å²) in [6, 6.07) is 9.29. The smallest absolute Gasteiger partial charge is 0.416 e. The molecule has 0 amide bonds. The van der Waals surface area contributed by atoms with Crippen LogP contribution in [0.25, 0.3) is 11.0 Å². The second-order valence-corrected chi connectivity index (χ2v) is 5.73. The Bertz CT molecular complexity index is 876. The van der Waals surface area contributed by atoms with Crippen molar-refractivity contribution < 1.29 is 22.7 Å². The average molecular weight is 371 g/mol. The monoisotopic (exact) mass is 370 g/mol. The number of nitrogens with zero attached hydrogens (tertiary/aromatic N) is 2. The first-order valence-electron chi connectivity index (χ1n) is 7.38. The van der Waals surface area contributed by atoms with Gasteiger partial charge in [-0.25, -0.2) is 4.98 Å². The van der Waals surface area contributed by atoms with Crippen molar-refractivity contribution in [3.05, 3.63) is 58.9 Å². The number of halogens is 4. The van der Waals surface area contributed by atoms with Gasteiger partial charge in [-0.1, -0.05) is 23.7 Å². The number of methoxy groups -OCH3 is 1. The molecule has 1 heterocycles. The van der Waals surface area contributed by atoms with E-state index in [0.717, 1.165) is 23.4 Å². The maximum atomic E-state index is 12.9. The van der Waals surface area contributed by atoms with Crippen molar-refractivity contribution in [3.63, 3.8) is 0 Å². The van der Waals surface area contributed by atoms with E-state index in [-0.39, 0.29) is 22.7 Å². The maximum Gasteiger partial charge on any atom is 0.416 e. The molecule has 2 aromatic carbocycles. The molecule has 8 heteroatoms. The van der Waals surface area contributed by atoms with Crippen LogP contribution in [-0.2, 0) is 12.6 Å². The van der Waals surface area contributed by atoms with Gasteiger partial charge in [0.15, 0.2) is 0 Å². The Labute approximate surface area is 146 Å². The summed E-state index contributed by atoms with van der Waals surface area (Å²) in [5.74, 6) is 0.750. The molecular weight excluding hydrogens is 357 g/mol. The van der Waals surface area contributed by atoms with Crippen LogP contribution in [0.3, 0.4) is 0 Å². The molecule has 0 spiro atoms. The van der Waals surface area contributed by atoms with Crippen LogP contribution in [-0.4, -0.2) is 23.4 Å². The summed E-state index contributed by atoms with van der Waals surface area (Å²) in [5, 5.41) is -0.0673. The van der Waals surface area contributed by atoms with Gasteiger partial charge in [-0.05, 0) is 29.8 Å². The van der Waals surface area contributed by atoms with Gasteiger partial charge >= 0.3 is 6.18 Å². The van der Waals surface area contributed by atoms with Crippen molar-refractivity contribution >= 4 is 22.6 Å². The Morgan fingerprint density at radius 1 is 1.16 bits per heavy atom. The Hall–Kier alpha value is -2.41. The molecule has 0 aliphatic heterocycles. The van der Waals surface area contributed by atoms with Crippen LogP contribution in [0.4, 0.5) is 13.2 Å². The zero-order valence-electron chi connectivity index (χ0n) is 13.2. The van der Waals surface area contributed by atoms with Gasteiger partial charge in [0.25, 0.3) is 0 Å². The zero-order valence-corrected chi connectivity index (χ0v) is 13.9. The fourth-order valence-electron chi connectivity index (χ4n) is 2.37. The molecular formula is C17H14ClF3N2O2. The SMILES string of the molecule is COc1ccc(CCOn2cnc3c(Cl)cc(C(F)(F)F)cc32)cc1. The Morgan fingerprint density at radius 2 is 1.88 bits per heavy atom. The molecule has 25 heavy (non-hydrogen) atoms. The van der Waals surface area contributed by atoms with Crippen LogP contribution in [0.15, 0.2) is 42.7 Å². The number of ether oxygens (including phenoxy) is 1. The lowest BCUT2D eigenvalue weighted by atomic mass is 10.1. The van der Waals surface area contributed by atoms with E-state index in [1.54, 1.807) is 7.11 Å². The highest BCUT2D eigenvalue weighted by molar-refractivity contribution is 6.35. The number of aromatic nitrogens is 2. The third-order valence-corrected chi connectivity index (χ3v) is 3.97. The van der Waals surface area contributed by atoms with Gasteiger partial charge in [0.05, 0.1) is 17.7 Å². The van der Waals surface area contributed by atoms with Crippen LogP contribution < -0.4 is 9.57 Å². The molecule has 0 atom stereocenters. The summed E-state index contributed by atoms with van der Waals surface area (Å²) in [6.07, 6.45) is -2.60. The van der Waals surface area contributed by atoms with Gasteiger partial charge < -0.3 is 9.57 Å². The van der Waals surface area contributed by atoms with E-state index in [0.29, 0.717) is 6.42 Å². The van der Waals surface area contributed by atoms with Crippen molar-refractivity contribution in [3.8, 4) is 5.75 Å². The standard InChI is InChI=1S/C17H14ClF3N2O2/c1-24-13-4-2-11(3-5-13)6-7-25-23-10-22-16-14(18)8-12(9-15(16)23)17(19,20)21/h2-5,8-10H,6-7H2,1H3. The lowest BCUT2D eigenvalue weighted by molar-refractivity contribution is -0.137. The summed E-state index contributed by atoms with van der Waals surface area (Å²) in [6.45, 7) is 0.269. The molecule has 0 bridgehead atoms. The first kappa shape index (κ1) is 17.4. The minimum Gasteiger partial charge on any atom is -0.497 e. The quantitative estimate of drug-likeness (QED) is 0.668. The van der Waals surface area contributed by atoms with E-state index in [1.165, 1.54) is 11.1 Å². The fourth-order valence-corrected chi connectivity index (χ4v) is 2.64. The molecule has 1 aromatic heterocycles. The average Bonchev–Trinajstić information content (AvgIpc) is 2.98. The molecule has 0 aliphatic carbocycles. The molecule has 0 N–H and O–H groups in total. The van der Waals surface area contributed by atoms with Crippen LogP contribution >= 0.6 is 11.6 Å². The fraction of sp³-hybridized carbons (Fsp3) is 0.235. The largest absolute Gasteiger partial charge is 0.497 e. The molecule has 0 fully saturated rings. The summed E-state index contributed by atoms with van der Waals surface area (Å²) < 4.78 is 45.1. The molecule has 3 aromatic rings. The lowest BCUT2D eigenvalue weighted by Gasteiger charge is -2.10. The van der Waals surface area contributed by atoms with E-state index in [4.69, 9.17) is 21.2 Å². The van der Waals surface area contributed by atoms with Crippen LogP contribution in [0.2, 0.25) is 5.02 Å². The predicted octanol–water partition coefficient (Wildman–Crippen LogP) is 4.39. The van der Waals surface area contributed by atoms with E-state index < -0.39 is 11.7 Å². The van der Waals surface area contributed by atoms with Crippen LogP contribution in [0.5, 0.6) is 5.75 Å². The molecule has 0 unspecified atom stereocenters. The second kappa shape index (κ2) is 6.84. The molecule has 0 saturated heterocycles. The number of hydrogen-bond donors (Lipinski definition) is 0. The molecule has 0 aliphatic rings. The highest BCUT2D eigenvalue weighted by Gasteiger charge is 2.32. The number of hydrogen-bond acceptors (Lipinski definition) is 3. The van der Waals surface area contributed by atoms with Crippen LogP contribution in [0, 0.1) is 0 Å². The number of fused-ring (bicyclic) bond motifs is 1. The van der Waals surface area contributed by atoms with Gasteiger partial charge in [-0.2, -0.15) is 17.9 Å². The van der Waals surface area contributed by atoms with Gasteiger partial charge in [0.1, 0.15) is 29.7 Å². The van der Waals surface area contributed by atoms with Gasteiger partial charge in [-0.15, -0.1) is 0 Å². The topological polar surface area (TPSA) is 36.3 Å². The minimum absolute atomic E-state index is 0.0673. The highest BCUT2D eigenvalue weighted by Crippen LogP contribution is 2.34. The van der Waals surface area contributed by atoms with Crippen LogP contribution in [0.1, 0.15) is 11.1 Å². The number of imidazole rings is 1. The van der Waals surface area contributed by atoms with E-state index in [9.17, 15) is 13.2 Å². The van der Waals surface area contributed by atoms with E-state index in [2.05, 4.69) is 4.98 Å². The van der Waals surface area contributed by atoms with Gasteiger partial charge in [0, 0.05) is 6.42 Å². The van der Waals surface area contributed by atoms with Crippen molar-refractivity contribution in [2.24, 2.45) is 0 Å². The molecule has 132 valence electrons. The predicted molar refractivity (Wildman–Crippen MR) is 87.9 cm³/mol. The van der Waals surface area contributed by atoms with Crippen molar-refractivity contribution in [2.75, 3.05) is 13.7 Å². The lowest BCUT2D eigenvalue weighted by Crippen LogP contribution is -2.14. The summed E-state index contributed by atoms with van der Waals surface area (Å²) in [5.41, 5.74) is 0.610. The summed E-state index contributed by atoms with van der Waals surface area (Å²) in [4.78, 5) is 9.55. The van der Waals surface area contributed by atoms with Crippen molar-refractivity contribution in [1.29, 1.82) is 0 Å². The first-order valence-corrected chi connectivity index (χ1v) is 7.76. The van der Waals surface area contributed by atoms with Gasteiger partial charge in [0.2, 0.25) is 0 Å². The Morgan fingerprint density at radius 3 is 2.52 bits per heavy atom.